The minimum atomic E-state index is -0.549. The lowest BCUT2D eigenvalue weighted by molar-refractivity contribution is -0.139. The molecule has 1 aliphatic heterocycles. The number of rotatable bonds is 6. The third-order valence-corrected chi connectivity index (χ3v) is 5.49. The monoisotopic (exact) mass is 449 g/mol. The Bertz CT molecular complexity index is 1220. The summed E-state index contributed by atoms with van der Waals surface area (Å²) >= 11 is 0. The van der Waals surface area contributed by atoms with E-state index in [0.29, 0.717) is 22.9 Å². The summed E-state index contributed by atoms with van der Waals surface area (Å²) in [5.74, 6) is -0.907. The zero-order chi connectivity index (χ0) is 23.5. The zero-order valence-corrected chi connectivity index (χ0v) is 18.6. The van der Waals surface area contributed by atoms with E-state index in [1.165, 1.54) is 18.5 Å². The zero-order valence-electron chi connectivity index (χ0n) is 18.6. The summed E-state index contributed by atoms with van der Waals surface area (Å²) < 4.78 is 20.6. The number of nitrogens with one attached hydrogen (secondary N) is 1. The molecule has 8 nitrogen and oxygen atoms in total. The van der Waals surface area contributed by atoms with Crippen molar-refractivity contribution in [2.24, 2.45) is 0 Å². The second kappa shape index (κ2) is 9.23. The Balaban J connectivity index is 1.72. The van der Waals surface area contributed by atoms with E-state index in [0.717, 1.165) is 11.1 Å². The van der Waals surface area contributed by atoms with E-state index < -0.39 is 17.8 Å². The molecule has 0 spiro atoms. The molecule has 3 aromatic rings. The average molecular weight is 449 g/mol. The maximum Gasteiger partial charge on any atom is 0.338 e. The Hall–Kier alpha value is -4.01. The molecule has 0 bridgehead atoms. The van der Waals surface area contributed by atoms with Gasteiger partial charge in [-0.3, -0.25) is 4.79 Å². The van der Waals surface area contributed by atoms with Crippen molar-refractivity contribution in [3.63, 3.8) is 0 Å². The lowest BCUT2D eigenvalue weighted by atomic mass is 9.95. The Morgan fingerprint density at radius 3 is 2.64 bits per heavy atom. The molecule has 0 radical (unpaired) electrons. The van der Waals surface area contributed by atoms with Crippen LogP contribution in [0, 0.1) is 12.7 Å². The van der Waals surface area contributed by atoms with Gasteiger partial charge in [0.1, 0.15) is 24.7 Å². The molecule has 1 amide bonds. The number of fused-ring (bicyclic) bond motifs is 1. The number of hydrogen-bond donors (Lipinski definition) is 1. The molecule has 1 aromatic heterocycles. The van der Waals surface area contributed by atoms with E-state index >= 15 is 0 Å². The highest BCUT2D eigenvalue weighted by Gasteiger charge is 2.38. The smallest absolute Gasteiger partial charge is 0.338 e. The topological polar surface area (TPSA) is 89.3 Å². The highest BCUT2D eigenvalue weighted by molar-refractivity contribution is 5.97. The fourth-order valence-corrected chi connectivity index (χ4v) is 3.90. The first-order valence-electron chi connectivity index (χ1n) is 10.6. The number of aromatic nitrogens is 3. The molecule has 2 aromatic carbocycles. The number of benzene rings is 2. The Kier molecular flexibility index (Phi) is 6.21. The number of ether oxygens (including phenoxy) is 1. The van der Waals surface area contributed by atoms with Crippen molar-refractivity contribution in [1.29, 1.82) is 0 Å². The fraction of sp³-hybridized carbons (Fsp3) is 0.250. The number of halogens is 1. The van der Waals surface area contributed by atoms with E-state index in [-0.39, 0.29) is 19.1 Å². The van der Waals surface area contributed by atoms with E-state index in [4.69, 9.17) is 4.74 Å². The van der Waals surface area contributed by atoms with Crippen LogP contribution in [0.2, 0.25) is 0 Å². The van der Waals surface area contributed by atoms with Crippen molar-refractivity contribution in [3.8, 4) is 0 Å². The number of allylic oxidation sites excluding steroid dienone is 1. The molecule has 9 heteroatoms. The standard InChI is InChI=1S/C24H24FN5O3/c1-4-33-23(32)21-16(3)29(13-20(31)28-19-12-18(25)11-10-15(19)2)24-26-14-27-30(24)22(21)17-8-6-5-7-9-17/h5-12,14,22H,4,13H2,1-3H3,(H,28,31). The summed E-state index contributed by atoms with van der Waals surface area (Å²) in [5, 5.41) is 7.09. The van der Waals surface area contributed by atoms with Gasteiger partial charge in [0.2, 0.25) is 11.9 Å². The highest BCUT2D eigenvalue weighted by atomic mass is 19.1. The highest BCUT2D eigenvalue weighted by Crippen LogP contribution is 2.38. The van der Waals surface area contributed by atoms with Crippen LogP contribution in [0.3, 0.4) is 0 Å². The first-order chi connectivity index (χ1) is 15.9. The minimum absolute atomic E-state index is 0.148. The predicted octanol–water partition coefficient (Wildman–Crippen LogP) is 3.61. The second-order valence-corrected chi connectivity index (χ2v) is 7.63. The molecular formula is C24H24FN5O3. The first-order valence-corrected chi connectivity index (χ1v) is 10.6. The van der Waals surface area contributed by atoms with Crippen LogP contribution < -0.4 is 10.2 Å². The molecule has 0 saturated carbocycles. The molecule has 33 heavy (non-hydrogen) atoms. The number of anilines is 2. The molecule has 1 N–H and O–H groups in total. The van der Waals surface area contributed by atoms with Crippen LogP contribution in [-0.4, -0.2) is 39.8 Å². The number of esters is 1. The normalized spacial score (nSPS) is 15.3. The number of nitrogens with zero attached hydrogens (tertiary/aromatic N) is 4. The summed E-state index contributed by atoms with van der Waals surface area (Å²) in [6.45, 7) is 5.33. The summed E-state index contributed by atoms with van der Waals surface area (Å²) in [6, 6.07) is 13.1. The largest absolute Gasteiger partial charge is 0.463 e. The number of amides is 1. The summed E-state index contributed by atoms with van der Waals surface area (Å²) in [7, 11) is 0. The van der Waals surface area contributed by atoms with Crippen molar-refractivity contribution < 1.29 is 18.7 Å². The Labute approximate surface area is 190 Å². The molecule has 4 rings (SSSR count). The molecule has 2 heterocycles. The van der Waals surface area contributed by atoms with Crippen molar-refractivity contribution in [2.45, 2.75) is 26.8 Å². The van der Waals surface area contributed by atoms with Crippen LogP contribution in [0.5, 0.6) is 0 Å². The number of hydrogen-bond acceptors (Lipinski definition) is 6. The van der Waals surface area contributed by atoms with Crippen LogP contribution in [0.4, 0.5) is 16.0 Å². The first kappa shape index (κ1) is 22.2. The number of carbonyl (C=O) groups excluding carboxylic acids is 2. The lowest BCUT2D eigenvalue weighted by Gasteiger charge is -2.35. The van der Waals surface area contributed by atoms with Crippen LogP contribution in [0.25, 0.3) is 0 Å². The third kappa shape index (κ3) is 4.34. The lowest BCUT2D eigenvalue weighted by Crippen LogP contribution is -2.41. The van der Waals surface area contributed by atoms with Crippen LogP contribution in [0.15, 0.2) is 66.1 Å². The predicted molar refractivity (Wildman–Crippen MR) is 121 cm³/mol. The van der Waals surface area contributed by atoms with Crippen LogP contribution in [0.1, 0.15) is 31.0 Å². The van der Waals surface area contributed by atoms with Gasteiger partial charge in [-0.05, 0) is 44.0 Å². The fourth-order valence-electron chi connectivity index (χ4n) is 3.90. The van der Waals surface area contributed by atoms with Crippen LogP contribution >= 0.6 is 0 Å². The van der Waals surface area contributed by atoms with Gasteiger partial charge in [-0.2, -0.15) is 10.1 Å². The van der Waals surface area contributed by atoms with Crippen molar-refractivity contribution in [3.05, 3.63) is 83.1 Å². The molecular weight excluding hydrogens is 425 g/mol. The van der Waals surface area contributed by atoms with Crippen molar-refractivity contribution in [1.82, 2.24) is 14.8 Å². The van der Waals surface area contributed by atoms with Gasteiger partial charge in [0.15, 0.2) is 0 Å². The maximum absolute atomic E-state index is 13.6. The van der Waals surface area contributed by atoms with Gasteiger partial charge in [-0.25, -0.2) is 13.9 Å². The summed E-state index contributed by atoms with van der Waals surface area (Å²) in [5.41, 5.74) is 2.86. The van der Waals surface area contributed by atoms with Gasteiger partial charge in [-0.15, -0.1) is 0 Å². The summed E-state index contributed by atoms with van der Waals surface area (Å²) in [4.78, 5) is 31.9. The van der Waals surface area contributed by atoms with E-state index in [2.05, 4.69) is 15.4 Å². The molecule has 1 atom stereocenters. The maximum atomic E-state index is 13.6. The SMILES string of the molecule is CCOC(=O)C1=C(C)N(CC(=O)Nc2cc(F)ccc2C)c2ncnn2C1c1ccccc1. The molecule has 170 valence electrons. The second-order valence-electron chi connectivity index (χ2n) is 7.63. The van der Waals surface area contributed by atoms with Crippen molar-refractivity contribution >= 4 is 23.5 Å². The van der Waals surface area contributed by atoms with Crippen LogP contribution in [-0.2, 0) is 14.3 Å². The Morgan fingerprint density at radius 2 is 1.91 bits per heavy atom. The molecule has 0 fully saturated rings. The molecule has 1 aliphatic rings. The Morgan fingerprint density at radius 1 is 1.15 bits per heavy atom. The third-order valence-electron chi connectivity index (χ3n) is 5.49. The van der Waals surface area contributed by atoms with Gasteiger partial charge in [-0.1, -0.05) is 36.4 Å². The minimum Gasteiger partial charge on any atom is -0.463 e. The van der Waals surface area contributed by atoms with Gasteiger partial charge in [0.05, 0.1) is 12.2 Å². The van der Waals surface area contributed by atoms with Gasteiger partial charge < -0.3 is 15.0 Å². The van der Waals surface area contributed by atoms with Gasteiger partial charge in [0, 0.05) is 11.4 Å². The van der Waals surface area contributed by atoms with E-state index in [9.17, 15) is 14.0 Å². The van der Waals surface area contributed by atoms with E-state index in [1.54, 1.807) is 36.4 Å². The van der Waals surface area contributed by atoms with Gasteiger partial charge in [0.25, 0.3) is 0 Å². The quantitative estimate of drug-likeness (QED) is 0.579. The molecule has 0 aliphatic carbocycles. The van der Waals surface area contributed by atoms with E-state index in [1.807, 2.05) is 30.3 Å². The molecule has 1 unspecified atom stereocenters. The number of carbonyl (C=O) groups is 2. The van der Waals surface area contributed by atoms with Gasteiger partial charge >= 0.3 is 5.97 Å². The molecule has 0 saturated heterocycles. The number of aryl methyl sites for hydroxylation is 1. The van der Waals surface area contributed by atoms with Crippen molar-refractivity contribution in [2.75, 3.05) is 23.4 Å². The summed E-state index contributed by atoms with van der Waals surface area (Å²) in [6.07, 6.45) is 1.38. The average Bonchev–Trinajstić information content (AvgIpc) is 3.28.